The fourth-order valence-electron chi connectivity index (χ4n) is 0.717. The first-order valence-electron chi connectivity index (χ1n) is 3.16. The standard InChI is InChI=1S/C7H3BrClF2NO/c8-4-1-3(7(10)11)2-12-5(4)6(9)13/h1-2,7H. The molecule has 0 aromatic carbocycles. The van der Waals surface area contributed by atoms with E-state index in [4.69, 9.17) is 11.6 Å². The third kappa shape index (κ3) is 2.45. The average molecular weight is 270 g/mol. The highest BCUT2D eigenvalue weighted by molar-refractivity contribution is 9.10. The van der Waals surface area contributed by atoms with E-state index in [2.05, 4.69) is 20.9 Å². The monoisotopic (exact) mass is 269 g/mol. The van der Waals surface area contributed by atoms with Crippen LogP contribution in [0.2, 0.25) is 0 Å². The Morgan fingerprint density at radius 3 is 2.62 bits per heavy atom. The molecule has 0 N–H and O–H groups in total. The van der Waals surface area contributed by atoms with Crippen LogP contribution in [0.4, 0.5) is 8.78 Å². The molecule has 0 amide bonds. The molecule has 0 spiro atoms. The van der Waals surface area contributed by atoms with Crippen LogP contribution in [0.1, 0.15) is 22.5 Å². The molecule has 0 radical (unpaired) electrons. The smallest absolute Gasteiger partial charge is 0.271 e. The van der Waals surface area contributed by atoms with Gasteiger partial charge < -0.3 is 0 Å². The Labute approximate surface area is 86.0 Å². The number of alkyl halides is 2. The van der Waals surface area contributed by atoms with Crippen molar-refractivity contribution in [1.29, 1.82) is 0 Å². The molecule has 2 nitrogen and oxygen atoms in total. The van der Waals surface area contributed by atoms with E-state index in [0.717, 1.165) is 12.3 Å². The Kier molecular flexibility index (Phi) is 3.33. The number of rotatable bonds is 2. The van der Waals surface area contributed by atoms with Gasteiger partial charge in [-0.2, -0.15) is 0 Å². The van der Waals surface area contributed by atoms with Gasteiger partial charge in [0.15, 0.2) is 0 Å². The second-order valence-corrected chi connectivity index (χ2v) is 3.37. The number of carbonyl (C=O) groups is 1. The van der Waals surface area contributed by atoms with Crippen molar-refractivity contribution in [3.8, 4) is 0 Å². The lowest BCUT2D eigenvalue weighted by atomic mass is 10.2. The minimum Gasteiger partial charge on any atom is -0.274 e. The van der Waals surface area contributed by atoms with Gasteiger partial charge in [0, 0.05) is 16.2 Å². The molecule has 0 aliphatic carbocycles. The van der Waals surface area contributed by atoms with E-state index in [1.54, 1.807) is 0 Å². The van der Waals surface area contributed by atoms with Gasteiger partial charge in [-0.15, -0.1) is 0 Å². The summed E-state index contributed by atoms with van der Waals surface area (Å²) in [6, 6.07) is 1.12. The fourth-order valence-corrected chi connectivity index (χ4v) is 1.53. The van der Waals surface area contributed by atoms with Gasteiger partial charge in [0.05, 0.1) is 0 Å². The number of hydrogen-bond acceptors (Lipinski definition) is 2. The Morgan fingerprint density at radius 2 is 2.23 bits per heavy atom. The van der Waals surface area contributed by atoms with Crippen molar-refractivity contribution in [2.45, 2.75) is 6.43 Å². The lowest BCUT2D eigenvalue weighted by Crippen LogP contribution is -1.97. The number of hydrogen-bond donors (Lipinski definition) is 0. The fraction of sp³-hybridized carbons (Fsp3) is 0.143. The number of halogens is 4. The number of aromatic nitrogens is 1. The van der Waals surface area contributed by atoms with Crippen LogP contribution in [-0.4, -0.2) is 10.2 Å². The van der Waals surface area contributed by atoms with Crippen LogP contribution in [0.3, 0.4) is 0 Å². The summed E-state index contributed by atoms with van der Waals surface area (Å²) in [5.41, 5.74) is -0.320. The minimum atomic E-state index is -2.61. The van der Waals surface area contributed by atoms with E-state index in [-0.39, 0.29) is 15.7 Å². The SMILES string of the molecule is O=C(Cl)c1ncc(C(F)F)cc1Br. The normalized spacial score (nSPS) is 10.5. The highest BCUT2D eigenvalue weighted by Gasteiger charge is 2.13. The lowest BCUT2D eigenvalue weighted by molar-refractivity contribution is 0.107. The molecule has 0 aliphatic heterocycles. The molecule has 13 heavy (non-hydrogen) atoms. The summed E-state index contributed by atoms with van der Waals surface area (Å²) in [6.45, 7) is 0. The van der Waals surface area contributed by atoms with Crippen LogP contribution in [0, 0.1) is 0 Å². The molecule has 0 saturated heterocycles. The maximum Gasteiger partial charge on any atom is 0.271 e. The molecule has 0 fully saturated rings. The van der Waals surface area contributed by atoms with Gasteiger partial charge in [0.1, 0.15) is 5.69 Å². The number of carbonyl (C=O) groups excluding carboxylic acids is 1. The first-order chi connectivity index (χ1) is 6.02. The van der Waals surface area contributed by atoms with Crippen molar-refractivity contribution in [3.05, 3.63) is 28.0 Å². The molecular formula is C7H3BrClF2NO. The molecule has 1 aromatic rings. The largest absolute Gasteiger partial charge is 0.274 e. The predicted molar refractivity (Wildman–Crippen MR) is 47.1 cm³/mol. The molecule has 0 saturated carbocycles. The van der Waals surface area contributed by atoms with E-state index >= 15 is 0 Å². The van der Waals surface area contributed by atoms with E-state index in [1.165, 1.54) is 0 Å². The zero-order chi connectivity index (χ0) is 10.0. The van der Waals surface area contributed by atoms with Crippen molar-refractivity contribution in [1.82, 2.24) is 4.98 Å². The number of pyridine rings is 1. The maximum absolute atomic E-state index is 12.1. The first kappa shape index (κ1) is 10.5. The van der Waals surface area contributed by atoms with Gasteiger partial charge in [0.2, 0.25) is 0 Å². The summed E-state index contributed by atoms with van der Waals surface area (Å²) in [7, 11) is 0. The van der Waals surface area contributed by atoms with Gasteiger partial charge >= 0.3 is 0 Å². The summed E-state index contributed by atoms with van der Waals surface area (Å²) < 4.78 is 24.4. The molecule has 1 rings (SSSR count). The van der Waals surface area contributed by atoms with Gasteiger partial charge in [0.25, 0.3) is 11.7 Å². The molecule has 1 heterocycles. The summed E-state index contributed by atoms with van der Waals surface area (Å²) in [4.78, 5) is 14.1. The minimum absolute atomic E-state index is 0.0638. The van der Waals surface area contributed by atoms with Gasteiger partial charge in [-0.05, 0) is 33.6 Å². The third-order valence-electron chi connectivity index (χ3n) is 1.30. The van der Waals surface area contributed by atoms with Gasteiger partial charge in [-0.3, -0.25) is 9.78 Å². The van der Waals surface area contributed by atoms with Crippen LogP contribution in [-0.2, 0) is 0 Å². The van der Waals surface area contributed by atoms with Crippen LogP contribution in [0.5, 0.6) is 0 Å². The highest BCUT2D eigenvalue weighted by atomic mass is 79.9. The van der Waals surface area contributed by atoms with Crippen molar-refractivity contribution < 1.29 is 13.6 Å². The zero-order valence-corrected chi connectivity index (χ0v) is 8.44. The quantitative estimate of drug-likeness (QED) is 0.773. The highest BCUT2D eigenvalue weighted by Crippen LogP contribution is 2.24. The lowest BCUT2D eigenvalue weighted by Gasteiger charge is -2.01. The van der Waals surface area contributed by atoms with Crippen molar-refractivity contribution in [2.75, 3.05) is 0 Å². The second-order valence-electron chi connectivity index (χ2n) is 2.17. The van der Waals surface area contributed by atoms with E-state index < -0.39 is 11.7 Å². The molecule has 0 bridgehead atoms. The van der Waals surface area contributed by atoms with Crippen LogP contribution in [0.15, 0.2) is 16.7 Å². The Hall–Kier alpha value is -0.550. The third-order valence-corrected chi connectivity index (χ3v) is 2.08. The second kappa shape index (κ2) is 4.11. The van der Waals surface area contributed by atoms with E-state index in [1.807, 2.05) is 0 Å². The zero-order valence-electron chi connectivity index (χ0n) is 6.10. The maximum atomic E-state index is 12.1. The van der Waals surface area contributed by atoms with Crippen LogP contribution >= 0.6 is 27.5 Å². The summed E-state index contributed by atoms with van der Waals surface area (Å²) in [5.74, 6) is 0. The molecule has 0 unspecified atom stereocenters. The molecule has 0 atom stereocenters. The van der Waals surface area contributed by atoms with Crippen molar-refractivity contribution in [2.24, 2.45) is 0 Å². The van der Waals surface area contributed by atoms with Crippen molar-refractivity contribution >= 4 is 32.8 Å². The summed E-state index contributed by atoms with van der Waals surface area (Å²) >= 11 is 8.04. The summed E-state index contributed by atoms with van der Waals surface area (Å²) in [6.07, 6.45) is -1.69. The van der Waals surface area contributed by atoms with E-state index in [9.17, 15) is 13.6 Å². The van der Waals surface area contributed by atoms with Crippen LogP contribution < -0.4 is 0 Å². The molecule has 70 valence electrons. The predicted octanol–water partition coefficient (Wildman–Crippen LogP) is 3.16. The Bertz CT molecular complexity index is 345. The topological polar surface area (TPSA) is 30.0 Å². The molecule has 0 aliphatic rings. The average Bonchev–Trinajstić information content (AvgIpc) is 2.03. The molecule has 6 heteroatoms. The molecular weight excluding hydrogens is 267 g/mol. The van der Waals surface area contributed by atoms with Gasteiger partial charge in [-0.1, -0.05) is 0 Å². The summed E-state index contributed by atoms with van der Waals surface area (Å²) in [5, 5.41) is -0.785. The van der Waals surface area contributed by atoms with E-state index in [0.29, 0.717) is 0 Å². The Balaban J connectivity index is 3.13. The molecule has 1 aromatic heterocycles. The van der Waals surface area contributed by atoms with Crippen molar-refractivity contribution in [3.63, 3.8) is 0 Å². The Morgan fingerprint density at radius 1 is 1.62 bits per heavy atom. The van der Waals surface area contributed by atoms with Crippen LogP contribution in [0.25, 0.3) is 0 Å². The number of nitrogens with zero attached hydrogens (tertiary/aromatic N) is 1. The van der Waals surface area contributed by atoms with Gasteiger partial charge in [-0.25, -0.2) is 8.78 Å². The first-order valence-corrected chi connectivity index (χ1v) is 4.33.